The minimum Gasteiger partial charge on any atom is -0.356 e. The molecule has 0 radical (unpaired) electrons. The van der Waals surface area contributed by atoms with Crippen LogP contribution in [-0.4, -0.2) is 54.0 Å². The molecular weight excluding hydrogens is 392 g/mol. The molecule has 1 aliphatic rings. The van der Waals surface area contributed by atoms with E-state index in [2.05, 4.69) is 29.4 Å². The topological polar surface area (TPSA) is 83.4 Å². The van der Waals surface area contributed by atoms with Crippen molar-refractivity contribution < 1.29 is 9.59 Å². The smallest absolute Gasteiger partial charge is 0.258 e. The molecule has 2 atom stereocenters. The van der Waals surface area contributed by atoms with Crippen molar-refractivity contribution in [1.82, 2.24) is 20.1 Å². The van der Waals surface area contributed by atoms with E-state index in [4.69, 9.17) is 0 Å². The van der Waals surface area contributed by atoms with Crippen LogP contribution >= 0.6 is 0 Å². The fourth-order valence-corrected chi connectivity index (χ4v) is 4.47. The third kappa shape index (κ3) is 6.92. The first-order chi connectivity index (χ1) is 14.9. The molecule has 0 saturated carbocycles. The minimum atomic E-state index is -0.279. The van der Waals surface area contributed by atoms with Crippen LogP contribution in [0.5, 0.6) is 0 Å². The second kappa shape index (κ2) is 11.1. The predicted octanol–water partition coefficient (Wildman–Crippen LogP) is 1.99. The van der Waals surface area contributed by atoms with E-state index in [1.54, 1.807) is 18.3 Å². The highest BCUT2D eigenvalue weighted by atomic mass is 16.2. The molecule has 1 aliphatic heterocycles. The number of aromatic nitrogens is 1. The third-order valence-electron chi connectivity index (χ3n) is 5.79. The lowest BCUT2D eigenvalue weighted by Crippen LogP contribution is -2.40. The Labute approximate surface area is 183 Å². The highest BCUT2D eigenvalue weighted by Crippen LogP contribution is 2.20. The Balaban J connectivity index is 1.32. The second-order valence-electron chi connectivity index (χ2n) is 8.85. The predicted molar refractivity (Wildman–Crippen MR) is 123 cm³/mol. The van der Waals surface area contributed by atoms with Gasteiger partial charge in [0.15, 0.2) is 0 Å². The van der Waals surface area contributed by atoms with Gasteiger partial charge in [-0.3, -0.25) is 14.4 Å². The molecule has 7 heteroatoms. The van der Waals surface area contributed by atoms with Crippen molar-refractivity contribution in [3.63, 3.8) is 0 Å². The molecule has 168 valence electrons. The number of amides is 2. The van der Waals surface area contributed by atoms with Crippen LogP contribution in [0.3, 0.4) is 0 Å². The van der Waals surface area contributed by atoms with E-state index in [9.17, 15) is 14.4 Å². The molecule has 31 heavy (non-hydrogen) atoms. The minimum absolute atomic E-state index is 0.0576. The summed E-state index contributed by atoms with van der Waals surface area (Å²) in [4.78, 5) is 39.1. The summed E-state index contributed by atoms with van der Waals surface area (Å²) in [6.07, 6.45) is 4.09. The molecule has 0 aliphatic carbocycles. The number of piperidine rings is 1. The summed E-state index contributed by atoms with van der Waals surface area (Å²) >= 11 is 0. The van der Waals surface area contributed by atoms with Gasteiger partial charge in [0.2, 0.25) is 11.8 Å². The number of nitrogens with one attached hydrogen (secondary N) is 2. The van der Waals surface area contributed by atoms with E-state index >= 15 is 0 Å². The molecular formula is C24H34N4O3. The Kier molecular flexibility index (Phi) is 8.23. The van der Waals surface area contributed by atoms with Crippen molar-refractivity contribution >= 4 is 22.6 Å². The standard InChI is InChI=1S/C24H34N4O3/c1-18-14-19(2)16-27(15-18)12-5-10-25-22(29)8-11-26-23(30)17-28-13-9-20-6-3-4-7-21(20)24(28)31/h3-4,6-7,9,13,18-19H,5,8,10-12,14-17H2,1-2H3,(H,25,29)(H,26,30)/t18-,19-/m1/s1. The van der Waals surface area contributed by atoms with Crippen LogP contribution in [0.25, 0.3) is 10.8 Å². The Morgan fingerprint density at radius 3 is 2.48 bits per heavy atom. The maximum Gasteiger partial charge on any atom is 0.258 e. The van der Waals surface area contributed by atoms with Gasteiger partial charge in [-0.2, -0.15) is 0 Å². The quantitative estimate of drug-likeness (QED) is 0.601. The number of carbonyl (C=O) groups is 2. The van der Waals surface area contributed by atoms with Crippen molar-refractivity contribution in [3.05, 3.63) is 46.9 Å². The lowest BCUT2D eigenvalue weighted by atomic mass is 9.92. The Hall–Kier alpha value is -2.67. The highest BCUT2D eigenvalue weighted by molar-refractivity contribution is 5.82. The van der Waals surface area contributed by atoms with E-state index in [1.807, 2.05) is 18.2 Å². The first-order valence-corrected chi connectivity index (χ1v) is 11.3. The summed E-state index contributed by atoms with van der Waals surface area (Å²) in [6.45, 7) is 8.75. The number of benzene rings is 1. The summed E-state index contributed by atoms with van der Waals surface area (Å²) in [5.41, 5.74) is -0.191. The van der Waals surface area contributed by atoms with Crippen LogP contribution in [0, 0.1) is 11.8 Å². The summed E-state index contributed by atoms with van der Waals surface area (Å²) in [5.74, 6) is 1.14. The van der Waals surface area contributed by atoms with Crippen molar-refractivity contribution in [3.8, 4) is 0 Å². The van der Waals surface area contributed by atoms with Gasteiger partial charge in [0.1, 0.15) is 6.54 Å². The molecule has 3 rings (SSSR count). The zero-order chi connectivity index (χ0) is 22.2. The number of likely N-dealkylation sites (tertiary alicyclic amines) is 1. The molecule has 1 aromatic carbocycles. The zero-order valence-corrected chi connectivity index (χ0v) is 18.6. The van der Waals surface area contributed by atoms with Crippen molar-refractivity contribution in [2.75, 3.05) is 32.7 Å². The SMILES string of the molecule is C[C@@H]1C[C@@H](C)CN(CCCNC(=O)CCNC(=O)Cn2ccc3ccccc3c2=O)C1. The maximum absolute atomic E-state index is 12.5. The summed E-state index contributed by atoms with van der Waals surface area (Å²) in [5, 5.41) is 7.09. The van der Waals surface area contributed by atoms with Crippen LogP contribution < -0.4 is 16.2 Å². The lowest BCUT2D eigenvalue weighted by Gasteiger charge is -2.34. The van der Waals surface area contributed by atoms with Gasteiger partial charge >= 0.3 is 0 Å². The van der Waals surface area contributed by atoms with E-state index in [0.29, 0.717) is 11.9 Å². The van der Waals surface area contributed by atoms with E-state index in [0.717, 1.165) is 43.3 Å². The monoisotopic (exact) mass is 426 g/mol. The van der Waals surface area contributed by atoms with Crippen LogP contribution in [0.2, 0.25) is 0 Å². The highest BCUT2D eigenvalue weighted by Gasteiger charge is 2.21. The molecule has 1 fully saturated rings. The second-order valence-corrected chi connectivity index (χ2v) is 8.85. The number of rotatable bonds is 9. The average Bonchev–Trinajstić information content (AvgIpc) is 2.73. The molecule has 1 aromatic heterocycles. The Morgan fingerprint density at radius 2 is 1.71 bits per heavy atom. The molecule has 2 N–H and O–H groups in total. The Bertz CT molecular complexity index is 945. The zero-order valence-electron chi connectivity index (χ0n) is 18.6. The molecule has 7 nitrogen and oxygen atoms in total. The number of nitrogens with zero attached hydrogens (tertiary/aromatic N) is 2. The van der Waals surface area contributed by atoms with Gasteiger partial charge in [-0.05, 0) is 48.7 Å². The van der Waals surface area contributed by atoms with Crippen LogP contribution in [0.4, 0.5) is 0 Å². The van der Waals surface area contributed by atoms with Gasteiger partial charge in [0.25, 0.3) is 5.56 Å². The summed E-state index contributed by atoms with van der Waals surface area (Å²) in [6, 6.07) is 9.12. The fraction of sp³-hybridized carbons (Fsp3) is 0.542. The maximum atomic E-state index is 12.5. The van der Waals surface area contributed by atoms with Crippen LogP contribution in [0.1, 0.15) is 33.1 Å². The van der Waals surface area contributed by atoms with E-state index < -0.39 is 0 Å². The Morgan fingerprint density at radius 1 is 1.00 bits per heavy atom. The van der Waals surface area contributed by atoms with Gasteiger partial charge in [-0.1, -0.05) is 32.0 Å². The molecule has 2 amide bonds. The molecule has 2 heterocycles. The molecule has 0 bridgehead atoms. The van der Waals surface area contributed by atoms with Gasteiger partial charge in [0.05, 0.1) is 0 Å². The van der Waals surface area contributed by atoms with Gasteiger partial charge in [0, 0.05) is 44.2 Å². The van der Waals surface area contributed by atoms with Gasteiger partial charge in [-0.25, -0.2) is 0 Å². The largest absolute Gasteiger partial charge is 0.356 e. The molecule has 1 saturated heterocycles. The van der Waals surface area contributed by atoms with E-state index in [-0.39, 0.29) is 36.9 Å². The van der Waals surface area contributed by atoms with E-state index in [1.165, 1.54) is 11.0 Å². The van der Waals surface area contributed by atoms with Crippen molar-refractivity contribution in [2.45, 2.75) is 39.7 Å². The molecule has 2 aromatic rings. The number of hydrogen-bond acceptors (Lipinski definition) is 4. The fourth-order valence-electron chi connectivity index (χ4n) is 4.47. The normalized spacial score (nSPS) is 19.3. The van der Waals surface area contributed by atoms with Gasteiger partial charge < -0.3 is 20.1 Å². The van der Waals surface area contributed by atoms with Crippen LogP contribution in [0.15, 0.2) is 41.3 Å². The van der Waals surface area contributed by atoms with Gasteiger partial charge in [-0.15, -0.1) is 0 Å². The summed E-state index contributed by atoms with van der Waals surface area (Å²) in [7, 11) is 0. The summed E-state index contributed by atoms with van der Waals surface area (Å²) < 4.78 is 1.39. The lowest BCUT2D eigenvalue weighted by molar-refractivity contribution is -0.122. The van der Waals surface area contributed by atoms with Crippen LogP contribution in [-0.2, 0) is 16.1 Å². The van der Waals surface area contributed by atoms with Crippen molar-refractivity contribution in [2.24, 2.45) is 11.8 Å². The number of carbonyl (C=O) groups excluding carboxylic acids is 2. The molecule has 0 unspecified atom stereocenters. The number of hydrogen-bond donors (Lipinski definition) is 2. The number of pyridine rings is 1. The van der Waals surface area contributed by atoms with Crippen molar-refractivity contribution in [1.29, 1.82) is 0 Å². The first kappa shape index (κ1) is 23.0. The third-order valence-corrected chi connectivity index (χ3v) is 5.79. The molecule has 0 spiro atoms. The number of fused-ring (bicyclic) bond motifs is 1. The first-order valence-electron chi connectivity index (χ1n) is 11.3. The average molecular weight is 427 g/mol.